The molecule has 1 atom stereocenters. The van der Waals surface area contributed by atoms with Crippen LogP contribution in [0.3, 0.4) is 0 Å². The van der Waals surface area contributed by atoms with Crippen molar-refractivity contribution in [2.75, 3.05) is 23.4 Å². The summed E-state index contributed by atoms with van der Waals surface area (Å²) in [6.07, 6.45) is 0.389. The van der Waals surface area contributed by atoms with E-state index >= 15 is 0 Å². The molecule has 1 saturated heterocycles. The first-order valence-corrected chi connectivity index (χ1v) is 10.7. The van der Waals surface area contributed by atoms with Crippen molar-refractivity contribution in [2.24, 2.45) is 5.41 Å². The van der Waals surface area contributed by atoms with Crippen molar-refractivity contribution >= 4 is 33.1 Å². The molecule has 1 aromatic rings. The highest BCUT2D eigenvalue weighted by molar-refractivity contribution is 7.91. The predicted molar refractivity (Wildman–Crippen MR) is 103 cm³/mol. The van der Waals surface area contributed by atoms with Crippen LogP contribution in [0, 0.1) is 5.41 Å². The fraction of sp³-hybridized carbons (Fsp3) is 0.526. The summed E-state index contributed by atoms with van der Waals surface area (Å²) < 4.78 is 23.5. The zero-order valence-electron chi connectivity index (χ0n) is 16.1. The molecule has 1 unspecified atom stereocenters. The van der Waals surface area contributed by atoms with Gasteiger partial charge in [0.05, 0.1) is 11.5 Å². The van der Waals surface area contributed by atoms with Crippen LogP contribution in [-0.4, -0.2) is 55.0 Å². The van der Waals surface area contributed by atoms with E-state index in [1.54, 1.807) is 31.2 Å². The average Bonchev–Trinajstić information content (AvgIpc) is 2.95. The van der Waals surface area contributed by atoms with E-state index in [1.807, 2.05) is 0 Å². The van der Waals surface area contributed by atoms with Crippen LogP contribution in [0.1, 0.15) is 44.5 Å². The van der Waals surface area contributed by atoms with Gasteiger partial charge in [0.1, 0.15) is 5.41 Å². The SMILES string of the molecule is CCN(C(=O)C(C)(C)C(=O)Nc1cccc(C(C)=O)c1)C1CCS(=O)(=O)C1. The van der Waals surface area contributed by atoms with Gasteiger partial charge >= 0.3 is 0 Å². The molecule has 1 aliphatic heterocycles. The molecule has 1 N–H and O–H groups in total. The maximum absolute atomic E-state index is 13.0. The van der Waals surface area contributed by atoms with Gasteiger partial charge in [-0.05, 0) is 46.2 Å². The third kappa shape index (κ3) is 4.74. The number of rotatable bonds is 6. The Bertz CT molecular complexity index is 861. The van der Waals surface area contributed by atoms with E-state index in [9.17, 15) is 22.8 Å². The lowest BCUT2D eigenvalue weighted by Gasteiger charge is -2.34. The van der Waals surface area contributed by atoms with Crippen molar-refractivity contribution in [3.63, 3.8) is 0 Å². The maximum Gasteiger partial charge on any atom is 0.239 e. The van der Waals surface area contributed by atoms with Gasteiger partial charge in [-0.2, -0.15) is 0 Å². The lowest BCUT2D eigenvalue weighted by atomic mass is 9.89. The Kier molecular flexibility index (Phi) is 6.09. The molecule has 2 rings (SSSR count). The molecule has 1 heterocycles. The number of hydrogen-bond donors (Lipinski definition) is 1. The zero-order chi connectivity index (χ0) is 20.4. The lowest BCUT2D eigenvalue weighted by molar-refractivity contribution is -0.147. The molecule has 0 bridgehead atoms. The molecular weight excluding hydrogens is 368 g/mol. The van der Waals surface area contributed by atoms with Crippen molar-refractivity contribution in [3.8, 4) is 0 Å². The average molecular weight is 394 g/mol. The number of amides is 2. The van der Waals surface area contributed by atoms with Crippen LogP contribution in [0.4, 0.5) is 5.69 Å². The number of benzene rings is 1. The third-order valence-electron chi connectivity index (χ3n) is 4.88. The Morgan fingerprint density at radius 2 is 1.93 bits per heavy atom. The lowest BCUT2D eigenvalue weighted by Crippen LogP contribution is -2.51. The number of anilines is 1. The largest absolute Gasteiger partial charge is 0.338 e. The molecule has 27 heavy (non-hydrogen) atoms. The minimum Gasteiger partial charge on any atom is -0.338 e. The van der Waals surface area contributed by atoms with Gasteiger partial charge < -0.3 is 10.2 Å². The second-order valence-corrected chi connectivity index (χ2v) is 9.59. The van der Waals surface area contributed by atoms with Gasteiger partial charge in [0.25, 0.3) is 0 Å². The van der Waals surface area contributed by atoms with E-state index < -0.39 is 33.1 Å². The highest BCUT2D eigenvalue weighted by atomic mass is 32.2. The summed E-state index contributed by atoms with van der Waals surface area (Å²) in [6, 6.07) is 6.10. The molecule has 0 aromatic heterocycles. The minimum atomic E-state index is -3.14. The van der Waals surface area contributed by atoms with Crippen LogP contribution in [0.5, 0.6) is 0 Å². The van der Waals surface area contributed by atoms with Crippen molar-refractivity contribution in [1.82, 2.24) is 4.90 Å². The molecule has 0 saturated carbocycles. The molecular formula is C19H26N2O5S. The predicted octanol–water partition coefficient (Wildman–Crippen LogP) is 1.89. The van der Waals surface area contributed by atoms with Crippen molar-refractivity contribution < 1.29 is 22.8 Å². The van der Waals surface area contributed by atoms with Gasteiger partial charge in [-0.15, -0.1) is 0 Å². The number of Topliss-reactive ketones (excluding diaryl/α,β-unsaturated/α-hetero) is 1. The molecule has 1 aromatic carbocycles. The third-order valence-corrected chi connectivity index (χ3v) is 6.63. The summed E-state index contributed by atoms with van der Waals surface area (Å²) in [6.45, 7) is 6.57. The fourth-order valence-corrected chi connectivity index (χ4v) is 4.88. The minimum absolute atomic E-state index is 0.0614. The molecule has 0 spiro atoms. The van der Waals surface area contributed by atoms with Crippen molar-refractivity contribution in [2.45, 2.75) is 40.2 Å². The van der Waals surface area contributed by atoms with Gasteiger partial charge in [0.2, 0.25) is 11.8 Å². The van der Waals surface area contributed by atoms with Gasteiger partial charge in [-0.3, -0.25) is 14.4 Å². The Morgan fingerprint density at radius 1 is 1.26 bits per heavy atom. The Balaban J connectivity index is 2.17. The second kappa shape index (κ2) is 7.80. The number of ketones is 1. The normalized spacial score (nSPS) is 18.7. The molecule has 1 fully saturated rings. The van der Waals surface area contributed by atoms with Crippen molar-refractivity contribution in [3.05, 3.63) is 29.8 Å². The molecule has 8 heteroatoms. The summed E-state index contributed by atoms with van der Waals surface area (Å²) in [5.41, 5.74) is -0.488. The topological polar surface area (TPSA) is 101 Å². The highest BCUT2D eigenvalue weighted by Gasteiger charge is 2.43. The van der Waals surface area contributed by atoms with Crippen molar-refractivity contribution in [1.29, 1.82) is 0 Å². The smallest absolute Gasteiger partial charge is 0.239 e. The van der Waals surface area contributed by atoms with Crippen LogP contribution >= 0.6 is 0 Å². The van der Waals surface area contributed by atoms with Gasteiger partial charge in [-0.1, -0.05) is 12.1 Å². The van der Waals surface area contributed by atoms with Crippen LogP contribution in [0.25, 0.3) is 0 Å². The van der Waals surface area contributed by atoms with E-state index in [0.29, 0.717) is 24.2 Å². The molecule has 2 amide bonds. The Labute approximate surface area is 160 Å². The Hall–Kier alpha value is -2.22. The molecule has 7 nitrogen and oxygen atoms in total. The second-order valence-electron chi connectivity index (χ2n) is 7.36. The highest BCUT2D eigenvalue weighted by Crippen LogP contribution is 2.26. The number of nitrogens with zero attached hydrogens (tertiary/aromatic N) is 1. The van der Waals surface area contributed by atoms with E-state index in [1.165, 1.54) is 25.7 Å². The molecule has 0 radical (unpaired) electrons. The first-order valence-electron chi connectivity index (χ1n) is 8.92. The number of sulfone groups is 1. The monoisotopic (exact) mass is 394 g/mol. The summed E-state index contributed by atoms with van der Waals surface area (Å²) >= 11 is 0. The van der Waals surface area contributed by atoms with Gasteiger partial charge in [0.15, 0.2) is 15.6 Å². The number of carbonyl (C=O) groups excluding carboxylic acids is 3. The van der Waals surface area contributed by atoms with Gasteiger partial charge in [-0.25, -0.2) is 8.42 Å². The zero-order valence-corrected chi connectivity index (χ0v) is 16.9. The summed E-state index contributed by atoms with van der Waals surface area (Å²) in [4.78, 5) is 38.8. The molecule has 1 aliphatic rings. The maximum atomic E-state index is 13.0. The number of nitrogens with one attached hydrogen (secondary N) is 1. The van der Waals surface area contributed by atoms with E-state index in [0.717, 1.165) is 0 Å². The Morgan fingerprint density at radius 3 is 2.44 bits per heavy atom. The van der Waals surface area contributed by atoms with E-state index in [4.69, 9.17) is 0 Å². The van der Waals surface area contributed by atoms with E-state index in [-0.39, 0.29) is 17.3 Å². The van der Waals surface area contributed by atoms with Gasteiger partial charge in [0, 0.05) is 23.8 Å². The number of carbonyl (C=O) groups is 3. The first kappa shape index (κ1) is 21.1. The fourth-order valence-electron chi connectivity index (χ4n) is 3.15. The van der Waals surface area contributed by atoms with Crippen LogP contribution < -0.4 is 5.32 Å². The molecule has 0 aliphatic carbocycles. The van der Waals surface area contributed by atoms with E-state index in [2.05, 4.69) is 5.32 Å². The summed E-state index contributed by atoms with van der Waals surface area (Å²) in [7, 11) is -3.14. The quantitative estimate of drug-likeness (QED) is 0.587. The van der Waals surface area contributed by atoms with Crippen LogP contribution in [0.15, 0.2) is 24.3 Å². The van der Waals surface area contributed by atoms with Crippen LogP contribution in [0.2, 0.25) is 0 Å². The molecule has 148 valence electrons. The standard InChI is InChI=1S/C19H26N2O5S/c1-5-21(16-9-10-27(25,26)12-16)18(24)19(3,4)17(23)20-15-8-6-7-14(11-15)13(2)22/h6-8,11,16H,5,9-10,12H2,1-4H3,(H,20,23). The van der Waals surface area contributed by atoms with Crippen LogP contribution in [-0.2, 0) is 19.4 Å². The number of hydrogen-bond acceptors (Lipinski definition) is 5. The summed E-state index contributed by atoms with van der Waals surface area (Å²) in [5.74, 6) is -1.04. The summed E-state index contributed by atoms with van der Waals surface area (Å²) in [5, 5.41) is 2.69. The first-order chi connectivity index (χ1) is 12.5.